The van der Waals surface area contributed by atoms with E-state index in [9.17, 15) is 5.11 Å². The number of hydrogen-bond donors (Lipinski definition) is 2. The van der Waals surface area contributed by atoms with Gasteiger partial charge in [0.1, 0.15) is 0 Å². The van der Waals surface area contributed by atoms with Gasteiger partial charge >= 0.3 is 0 Å². The van der Waals surface area contributed by atoms with Gasteiger partial charge < -0.3 is 15.6 Å². The highest BCUT2D eigenvalue weighted by Crippen LogP contribution is 2.40. The average molecular weight is 360 g/mol. The number of hydrogen-bond acceptors (Lipinski definition) is 3. The lowest BCUT2D eigenvalue weighted by atomic mass is 9.82. The second-order valence-corrected chi connectivity index (χ2v) is 9.98. The monoisotopic (exact) mass is 359 g/mol. The molecule has 2 aliphatic rings. The molecular weight excluding hydrogens is 322 g/mol. The van der Waals surface area contributed by atoms with E-state index in [1.807, 2.05) is 0 Å². The van der Waals surface area contributed by atoms with Crippen LogP contribution in [0.3, 0.4) is 0 Å². The highest BCUT2D eigenvalue weighted by Gasteiger charge is 2.36. The number of ether oxygens (including phenoxy) is 1. The quantitative estimate of drug-likeness (QED) is 0.748. The molecule has 1 aromatic carbocycles. The summed E-state index contributed by atoms with van der Waals surface area (Å²) >= 11 is 0. The molecule has 3 N–H and O–H groups in total. The van der Waals surface area contributed by atoms with Crippen LogP contribution in [0, 0.1) is 11.3 Å². The molecule has 3 rings (SSSR count). The van der Waals surface area contributed by atoms with Crippen molar-refractivity contribution in [1.29, 1.82) is 0 Å². The molecule has 146 valence electrons. The summed E-state index contributed by atoms with van der Waals surface area (Å²) in [4.78, 5) is 0. The molecule has 3 nitrogen and oxygen atoms in total. The fourth-order valence-electron chi connectivity index (χ4n) is 4.46. The largest absolute Gasteiger partial charge is 0.394 e. The summed E-state index contributed by atoms with van der Waals surface area (Å²) in [5, 5.41) is 9.51. The fourth-order valence-corrected chi connectivity index (χ4v) is 4.46. The van der Waals surface area contributed by atoms with Gasteiger partial charge in [0.2, 0.25) is 0 Å². The van der Waals surface area contributed by atoms with Crippen molar-refractivity contribution in [3.05, 3.63) is 34.9 Å². The van der Waals surface area contributed by atoms with E-state index in [-0.39, 0.29) is 12.1 Å². The lowest BCUT2D eigenvalue weighted by molar-refractivity contribution is 0.0756. The van der Waals surface area contributed by atoms with Gasteiger partial charge in [0.25, 0.3) is 0 Å². The molecule has 3 atom stereocenters. The Morgan fingerprint density at radius 1 is 1.23 bits per heavy atom. The summed E-state index contributed by atoms with van der Waals surface area (Å²) in [6.07, 6.45) is 7.60. The first-order chi connectivity index (χ1) is 12.3. The van der Waals surface area contributed by atoms with Crippen LogP contribution in [0.5, 0.6) is 0 Å². The number of nitrogens with two attached hydrogens (primary N) is 1. The maximum absolute atomic E-state index is 9.51. The molecule has 0 amide bonds. The van der Waals surface area contributed by atoms with E-state index in [0.717, 1.165) is 51.7 Å². The smallest absolute Gasteiger partial charge is 0.0611 e. The first-order valence-corrected chi connectivity index (χ1v) is 10.4. The van der Waals surface area contributed by atoms with Crippen molar-refractivity contribution in [3.63, 3.8) is 0 Å². The molecule has 0 aromatic heterocycles. The molecule has 0 aliphatic heterocycles. The van der Waals surface area contributed by atoms with Crippen molar-refractivity contribution in [3.8, 4) is 0 Å². The third-order valence-corrected chi connectivity index (χ3v) is 6.34. The van der Waals surface area contributed by atoms with Gasteiger partial charge in [-0.3, -0.25) is 0 Å². The molecule has 0 radical (unpaired) electrons. The van der Waals surface area contributed by atoms with Gasteiger partial charge in [-0.05, 0) is 78.9 Å². The minimum atomic E-state index is -0.365. The molecule has 2 aliphatic carbocycles. The van der Waals surface area contributed by atoms with Crippen molar-refractivity contribution < 1.29 is 9.84 Å². The van der Waals surface area contributed by atoms with Gasteiger partial charge in [-0.25, -0.2) is 0 Å². The summed E-state index contributed by atoms with van der Waals surface area (Å²) in [6.45, 7) is 8.68. The van der Waals surface area contributed by atoms with Crippen LogP contribution in [0.4, 0.5) is 0 Å². The number of aliphatic hydroxyl groups excluding tert-OH is 1. The topological polar surface area (TPSA) is 55.5 Å². The molecule has 1 unspecified atom stereocenters. The van der Waals surface area contributed by atoms with Gasteiger partial charge in [0.15, 0.2) is 0 Å². The predicted octanol–water partition coefficient (Wildman–Crippen LogP) is 4.20. The Morgan fingerprint density at radius 2 is 2.04 bits per heavy atom. The standard InChI is InChI=1S/C23H37NO2/c1-22(2,3)10-11-26-15-17-4-5-19-13-20(7-6-18(19)12-17)21-8-9-23(24,14-21)16-25/h6-7,13,17,21,25H,4-5,8-12,14-16,24H2,1-3H3/t17?,21-,23+/m0/s1. The summed E-state index contributed by atoms with van der Waals surface area (Å²) in [5.41, 5.74) is 10.7. The zero-order chi connectivity index (χ0) is 18.8. The van der Waals surface area contributed by atoms with E-state index in [1.54, 1.807) is 0 Å². The Bertz CT molecular complexity index is 607. The Balaban J connectivity index is 1.53. The average Bonchev–Trinajstić information content (AvgIpc) is 3.00. The number of rotatable bonds is 6. The third kappa shape index (κ3) is 5.09. The molecule has 1 fully saturated rings. The lowest BCUT2D eigenvalue weighted by Gasteiger charge is -2.27. The van der Waals surface area contributed by atoms with E-state index < -0.39 is 0 Å². The van der Waals surface area contributed by atoms with Gasteiger partial charge in [-0.2, -0.15) is 0 Å². The van der Waals surface area contributed by atoms with Gasteiger partial charge in [-0.15, -0.1) is 0 Å². The Morgan fingerprint density at radius 3 is 2.73 bits per heavy atom. The zero-order valence-electron chi connectivity index (χ0n) is 16.9. The summed E-state index contributed by atoms with van der Waals surface area (Å²) in [6, 6.07) is 7.05. The number of fused-ring (bicyclic) bond motifs is 1. The molecule has 3 heteroatoms. The van der Waals surface area contributed by atoms with E-state index in [4.69, 9.17) is 10.5 Å². The predicted molar refractivity (Wildman–Crippen MR) is 107 cm³/mol. The highest BCUT2D eigenvalue weighted by molar-refractivity contribution is 5.36. The second-order valence-electron chi connectivity index (χ2n) is 9.98. The van der Waals surface area contributed by atoms with Crippen LogP contribution >= 0.6 is 0 Å². The molecule has 0 saturated heterocycles. The Hall–Kier alpha value is -0.900. The Labute approximate surface area is 159 Å². The first-order valence-electron chi connectivity index (χ1n) is 10.4. The van der Waals surface area contributed by atoms with Crippen LogP contribution in [-0.4, -0.2) is 30.5 Å². The van der Waals surface area contributed by atoms with E-state index in [2.05, 4.69) is 39.0 Å². The van der Waals surface area contributed by atoms with Crippen LogP contribution in [0.25, 0.3) is 0 Å². The number of aliphatic hydroxyl groups is 1. The molecule has 1 saturated carbocycles. The fraction of sp³-hybridized carbons (Fsp3) is 0.739. The van der Waals surface area contributed by atoms with Gasteiger partial charge in [0, 0.05) is 18.8 Å². The summed E-state index contributed by atoms with van der Waals surface area (Å²) < 4.78 is 5.97. The maximum Gasteiger partial charge on any atom is 0.0611 e. The zero-order valence-corrected chi connectivity index (χ0v) is 16.9. The second kappa shape index (κ2) is 8.00. The molecule has 0 spiro atoms. The van der Waals surface area contributed by atoms with Crippen molar-refractivity contribution in [2.24, 2.45) is 17.1 Å². The van der Waals surface area contributed by atoms with Crippen LogP contribution < -0.4 is 5.73 Å². The SMILES string of the molecule is CC(C)(C)CCOCC1CCc2cc([C@H]3CC[C@](N)(CO)C3)ccc2C1. The number of aryl methyl sites for hydroxylation is 1. The molecule has 0 bridgehead atoms. The molecule has 0 heterocycles. The molecule has 26 heavy (non-hydrogen) atoms. The minimum Gasteiger partial charge on any atom is -0.394 e. The van der Waals surface area contributed by atoms with Crippen LogP contribution in [0.15, 0.2) is 18.2 Å². The maximum atomic E-state index is 9.51. The Kier molecular flexibility index (Phi) is 6.11. The van der Waals surface area contributed by atoms with E-state index in [0.29, 0.717) is 17.3 Å². The highest BCUT2D eigenvalue weighted by atomic mass is 16.5. The lowest BCUT2D eigenvalue weighted by Crippen LogP contribution is -2.40. The third-order valence-electron chi connectivity index (χ3n) is 6.34. The van der Waals surface area contributed by atoms with Crippen molar-refractivity contribution in [2.75, 3.05) is 19.8 Å². The molecule has 1 aromatic rings. The molecular formula is C23H37NO2. The van der Waals surface area contributed by atoms with Gasteiger partial charge in [-0.1, -0.05) is 39.0 Å². The number of benzene rings is 1. The van der Waals surface area contributed by atoms with Crippen LogP contribution in [0.2, 0.25) is 0 Å². The van der Waals surface area contributed by atoms with Gasteiger partial charge in [0.05, 0.1) is 6.61 Å². The minimum absolute atomic E-state index is 0.103. The van der Waals surface area contributed by atoms with E-state index in [1.165, 1.54) is 23.1 Å². The summed E-state index contributed by atoms with van der Waals surface area (Å²) in [5.74, 6) is 1.17. The van der Waals surface area contributed by atoms with Crippen molar-refractivity contribution in [2.45, 2.75) is 77.2 Å². The van der Waals surface area contributed by atoms with Crippen molar-refractivity contribution in [1.82, 2.24) is 0 Å². The normalized spacial score (nSPS) is 29.0. The van der Waals surface area contributed by atoms with Crippen LogP contribution in [0.1, 0.15) is 75.5 Å². The van der Waals surface area contributed by atoms with Crippen molar-refractivity contribution >= 4 is 0 Å². The summed E-state index contributed by atoms with van der Waals surface area (Å²) in [7, 11) is 0. The first kappa shape index (κ1) is 19.9. The van der Waals surface area contributed by atoms with Crippen LogP contribution in [-0.2, 0) is 17.6 Å². The van der Waals surface area contributed by atoms with E-state index >= 15 is 0 Å².